The van der Waals surface area contributed by atoms with E-state index in [1.165, 1.54) is 0 Å². The van der Waals surface area contributed by atoms with Gasteiger partial charge in [0.2, 0.25) is 0 Å². The number of nitrogens with two attached hydrogens (primary N) is 1. The van der Waals surface area contributed by atoms with E-state index in [9.17, 15) is 5.11 Å². The Morgan fingerprint density at radius 1 is 1.38 bits per heavy atom. The Balaban J connectivity index is 2.54. The Morgan fingerprint density at radius 3 is 2.69 bits per heavy atom. The second kappa shape index (κ2) is 4.09. The molecule has 0 fully saturated rings. The molecule has 4 nitrogen and oxygen atoms in total. The van der Waals surface area contributed by atoms with Crippen LogP contribution < -0.4 is 5.73 Å². The van der Waals surface area contributed by atoms with Crippen molar-refractivity contribution in [1.82, 2.24) is 9.78 Å². The van der Waals surface area contributed by atoms with Crippen LogP contribution in [-0.2, 0) is 7.05 Å². The summed E-state index contributed by atoms with van der Waals surface area (Å²) in [4.78, 5) is 1.08. The molecule has 3 N–H and O–H groups in total. The maximum absolute atomic E-state index is 9.78. The highest BCUT2D eigenvalue weighted by Gasteiger charge is 2.10. The third-order valence-corrected chi connectivity index (χ3v) is 3.12. The highest BCUT2D eigenvalue weighted by atomic mass is 32.2. The average molecular weight is 235 g/mol. The van der Waals surface area contributed by atoms with Crippen molar-refractivity contribution in [3.8, 4) is 17.0 Å². The number of rotatable bonds is 2. The van der Waals surface area contributed by atoms with Crippen LogP contribution in [-0.4, -0.2) is 21.1 Å². The molecule has 0 bridgehead atoms. The number of phenols is 1. The van der Waals surface area contributed by atoms with Gasteiger partial charge in [-0.25, -0.2) is 0 Å². The summed E-state index contributed by atoms with van der Waals surface area (Å²) in [5.74, 6) is 0.792. The highest BCUT2D eigenvalue weighted by molar-refractivity contribution is 7.98. The van der Waals surface area contributed by atoms with E-state index in [0.29, 0.717) is 17.1 Å². The van der Waals surface area contributed by atoms with Gasteiger partial charge in [-0.2, -0.15) is 5.10 Å². The minimum Gasteiger partial charge on any atom is -0.507 e. The van der Waals surface area contributed by atoms with E-state index in [1.807, 2.05) is 18.4 Å². The number of aromatic hydroxyl groups is 1. The van der Waals surface area contributed by atoms with E-state index in [2.05, 4.69) is 5.10 Å². The number of hydrogen-bond acceptors (Lipinski definition) is 4. The third-order valence-electron chi connectivity index (χ3n) is 2.40. The minimum absolute atomic E-state index is 0.218. The zero-order valence-electron chi connectivity index (χ0n) is 9.14. The van der Waals surface area contributed by atoms with Gasteiger partial charge in [0, 0.05) is 23.6 Å². The Bertz CT molecular complexity index is 502. The first-order valence-corrected chi connectivity index (χ1v) is 6.01. The summed E-state index contributed by atoms with van der Waals surface area (Å²) in [5, 5.41) is 14.0. The molecule has 2 rings (SSSR count). The normalized spacial score (nSPS) is 10.6. The van der Waals surface area contributed by atoms with Gasteiger partial charge in [-0.15, -0.1) is 11.8 Å². The van der Waals surface area contributed by atoms with Gasteiger partial charge < -0.3 is 10.8 Å². The molecule has 0 saturated heterocycles. The van der Waals surface area contributed by atoms with Crippen molar-refractivity contribution in [2.75, 3.05) is 12.0 Å². The standard InChI is InChI=1S/C11H13N3OS/c1-14-11(12)6-9(13-14)8-5-7(16-2)3-4-10(8)15/h3-6,15H,12H2,1-2H3. The number of nitrogens with zero attached hydrogens (tertiary/aromatic N) is 2. The van der Waals surface area contributed by atoms with Crippen LogP contribution >= 0.6 is 11.8 Å². The monoisotopic (exact) mass is 235 g/mol. The van der Waals surface area contributed by atoms with Crippen molar-refractivity contribution in [2.45, 2.75) is 4.90 Å². The van der Waals surface area contributed by atoms with Gasteiger partial charge in [0.25, 0.3) is 0 Å². The summed E-state index contributed by atoms with van der Waals surface area (Å²) in [7, 11) is 1.77. The van der Waals surface area contributed by atoms with Crippen LogP contribution in [0.15, 0.2) is 29.2 Å². The Hall–Kier alpha value is -1.62. The van der Waals surface area contributed by atoms with Gasteiger partial charge in [0.05, 0.1) is 5.69 Å². The second-order valence-electron chi connectivity index (χ2n) is 3.46. The fourth-order valence-corrected chi connectivity index (χ4v) is 1.90. The lowest BCUT2D eigenvalue weighted by Gasteiger charge is -2.03. The predicted molar refractivity (Wildman–Crippen MR) is 66.5 cm³/mol. The van der Waals surface area contributed by atoms with Crippen LogP contribution in [0.25, 0.3) is 11.3 Å². The molecule has 0 aliphatic rings. The van der Waals surface area contributed by atoms with Crippen molar-refractivity contribution in [3.05, 3.63) is 24.3 Å². The van der Waals surface area contributed by atoms with Crippen molar-refractivity contribution in [3.63, 3.8) is 0 Å². The van der Waals surface area contributed by atoms with Crippen LogP contribution in [0.5, 0.6) is 5.75 Å². The Kier molecular flexibility index (Phi) is 2.78. The van der Waals surface area contributed by atoms with Gasteiger partial charge >= 0.3 is 0 Å². The molecule has 0 atom stereocenters. The van der Waals surface area contributed by atoms with Crippen LogP contribution in [0.4, 0.5) is 5.82 Å². The first kappa shape index (κ1) is 10.9. The van der Waals surface area contributed by atoms with Crippen LogP contribution in [0, 0.1) is 0 Å². The molecule has 84 valence electrons. The number of nitrogen functional groups attached to an aromatic ring is 1. The smallest absolute Gasteiger partial charge is 0.125 e. The molecule has 2 aromatic rings. The lowest BCUT2D eigenvalue weighted by molar-refractivity contribution is 0.476. The van der Waals surface area contributed by atoms with Gasteiger partial charge in [0.1, 0.15) is 11.6 Å². The molecule has 0 saturated carbocycles. The van der Waals surface area contributed by atoms with Gasteiger partial charge in [0.15, 0.2) is 0 Å². The zero-order valence-corrected chi connectivity index (χ0v) is 9.95. The number of benzene rings is 1. The van der Waals surface area contributed by atoms with Crippen molar-refractivity contribution < 1.29 is 5.11 Å². The van der Waals surface area contributed by atoms with E-state index < -0.39 is 0 Å². The van der Waals surface area contributed by atoms with Crippen LogP contribution in [0.3, 0.4) is 0 Å². The van der Waals surface area contributed by atoms with Crippen LogP contribution in [0.1, 0.15) is 0 Å². The summed E-state index contributed by atoms with van der Waals surface area (Å²) >= 11 is 1.62. The molecule has 1 aromatic carbocycles. The lowest BCUT2D eigenvalue weighted by atomic mass is 10.1. The first-order chi connectivity index (χ1) is 7.61. The molecule has 0 aliphatic heterocycles. The summed E-state index contributed by atoms with van der Waals surface area (Å²) < 4.78 is 1.58. The number of hydrogen-bond donors (Lipinski definition) is 2. The van der Waals surface area contributed by atoms with Gasteiger partial charge in [-0.1, -0.05) is 0 Å². The predicted octanol–water partition coefficient (Wildman–Crippen LogP) is 2.10. The number of phenolic OH excluding ortho intramolecular Hbond substituents is 1. The summed E-state index contributed by atoms with van der Waals surface area (Å²) in [6, 6.07) is 7.20. The molecule has 5 heteroatoms. The van der Waals surface area contributed by atoms with E-state index in [-0.39, 0.29) is 5.75 Å². The van der Waals surface area contributed by atoms with Crippen molar-refractivity contribution in [2.24, 2.45) is 7.05 Å². The molecule has 0 amide bonds. The van der Waals surface area contributed by atoms with Crippen molar-refractivity contribution in [1.29, 1.82) is 0 Å². The average Bonchev–Trinajstić information content (AvgIpc) is 2.60. The molecule has 1 aromatic heterocycles. The molecule has 0 unspecified atom stereocenters. The third kappa shape index (κ3) is 1.86. The zero-order chi connectivity index (χ0) is 11.7. The molecule has 0 radical (unpaired) electrons. The number of thioether (sulfide) groups is 1. The van der Waals surface area contributed by atoms with Crippen LogP contribution in [0.2, 0.25) is 0 Å². The van der Waals surface area contributed by atoms with Crippen molar-refractivity contribution >= 4 is 17.6 Å². The van der Waals surface area contributed by atoms with E-state index in [1.54, 1.807) is 35.6 Å². The summed E-state index contributed by atoms with van der Waals surface area (Å²) in [6.45, 7) is 0. The van der Waals surface area contributed by atoms with E-state index in [0.717, 1.165) is 4.90 Å². The number of anilines is 1. The Labute approximate surface area is 98.1 Å². The Morgan fingerprint density at radius 2 is 2.12 bits per heavy atom. The van der Waals surface area contributed by atoms with Gasteiger partial charge in [-0.3, -0.25) is 4.68 Å². The maximum atomic E-state index is 9.78. The van der Waals surface area contributed by atoms with E-state index in [4.69, 9.17) is 5.73 Å². The second-order valence-corrected chi connectivity index (χ2v) is 4.34. The number of aryl methyl sites for hydroxylation is 1. The molecule has 0 aliphatic carbocycles. The lowest BCUT2D eigenvalue weighted by Crippen LogP contribution is -1.96. The topological polar surface area (TPSA) is 64.1 Å². The molecule has 1 heterocycles. The largest absolute Gasteiger partial charge is 0.507 e. The quantitative estimate of drug-likeness (QED) is 0.782. The highest BCUT2D eigenvalue weighted by Crippen LogP contribution is 2.32. The molecule has 16 heavy (non-hydrogen) atoms. The first-order valence-electron chi connectivity index (χ1n) is 4.78. The summed E-state index contributed by atoms with van der Waals surface area (Å²) in [6.07, 6.45) is 1.99. The molecular formula is C11H13N3OS. The van der Waals surface area contributed by atoms with Gasteiger partial charge in [-0.05, 0) is 24.5 Å². The molecule has 0 spiro atoms. The maximum Gasteiger partial charge on any atom is 0.125 e. The molecular weight excluding hydrogens is 222 g/mol. The number of aromatic nitrogens is 2. The fourth-order valence-electron chi connectivity index (χ4n) is 1.46. The summed E-state index contributed by atoms with van der Waals surface area (Å²) in [5.41, 5.74) is 7.11. The SMILES string of the molecule is CSc1ccc(O)c(-c2cc(N)n(C)n2)c1. The minimum atomic E-state index is 0.218. The fraction of sp³-hybridized carbons (Fsp3) is 0.182. The van der Waals surface area contributed by atoms with E-state index >= 15 is 0 Å².